The second-order valence-electron chi connectivity index (χ2n) is 6.17. The summed E-state index contributed by atoms with van der Waals surface area (Å²) in [6.07, 6.45) is 1.18. The van der Waals surface area contributed by atoms with Gasteiger partial charge in [0.05, 0.1) is 0 Å². The second-order valence-corrected chi connectivity index (χ2v) is 6.17. The molecule has 0 spiro atoms. The van der Waals surface area contributed by atoms with Crippen molar-refractivity contribution in [2.24, 2.45) is 11.8 Å². The van der Waals surface area contributed by atoms with Crippen LogP contribution >= 0.6 is 0 Å². The minimum atomic E-state index is 0.555. The van der Waals surface area contributed by atoms with E-state index in [0.717, 1.165) is 24.9 Å². The average molecular weight is 246 g/mol. The molecule has 2 heteroatoms. The van der Waals surface area contributed by atoms with Crippen LogP contribution in [0.5, 0.6) is 0 Å². The Morgan fingerprint density at radius 3 is 2.17 bits per heavy atom. The highest BCUT2D eigenvalue weighted by Gasteiger charge is 2.29. The Balaban J connectivity index is 2.10. The van der Waals surface area contributed by atoms with E-state index in [9.17, 15) is 0 Å². The predicted octanol–water partition coefficient (Wildman–Crippen LogP) is 2.71. The van der Waals surface area contributed by atoms with Crippen molar-refractivity contribution in [3.05, 3.63) is 35.4 Å². The predicted molar refractivity (Wildman–Crippen MR) is 77.8 cm³/mol. The van der Waals surface area contributed by atoms with Crippen LogP contribution in [0.15, 0.2) is 24.3 Å². The minimum absolute atomic E-state index is 0.555. The summed E-state index contributed by atoms with van der Waals surface area (Å²) in [5.41, 5.74) is 2.91. The number of nitrogens with zero attached hydrogens (tertiary/aromatic N) is 1. The van der Waals surface area contributed by atoms with Crippen LogP contribution in [0.25, 0.3) is 0 Å². The molecule has 1 aromatic carbocycles. The first-order valence-corrected chi connectivity index (χ1v) is 7.04. The van der Waals surface area contributed by atoms with Gasteiger partial charge in [-0.2, -0.15) is 0 Å². The van der Waals surface area contributed by atoms with Crippen LogP contribution in [0.2, 0.25) is 0 Å². The molecular formula is C16H26N2. The largest absolute Gasteiger partial charge is 0.316 e. The molecule has 0 radical (unpaired) electrons. The van der Waals surface area contributed by atoms with Gasteiger partial charge in [-0.25, -0.2) is 0 Å². The van der Waals surface area contributed by atoms with E-state index in [-0.39, 0.29) is 0 Å². The molecule has 100 valence electrons. The molecule has 1 aromatic rings. The first kappa shape index (κ1) is 13.6. The van der Waals surface area contributed by atoms with Gasteiger partial charge in [0.25, 0.3) is 0 Å². The Morgan fingerprint density at radius 1 is 1.17 bits per heavy atom. The summed E-state index contributed by atoms with van der Waals surface area (Å²) in [4.78, 5) is 2.35. The molecule has 0 bridgehead atoms. The topological polar surface area (TPSA) is 15.3 Å². The normalized spacial score (nSPS) is 18.1. The molecular weight excluding hydrogens is 220 g/mol. The van der Waals surface area contributed by atoms with Crippen molar-refractivity contribution in [2.75, 3.05) is 27.2 Å². The third-order valence-electron chi connectivity index (χ3n) is 3.78. The van der Waals surface area contributed by atoms with Gasteiger partial charge >= 0.3 is 0 Å². The lowest BCUT2D eigenvalue weighted by atomic mass is 9.87. The van der Waals surface area contributed by atoms with Crippen LogP contribution in [0.1, 0.15) is 31.0 Å². The number of hydrogen-bond acceptors (Lipinski definition) is 2. The lowest BCUT2D eigenvalue weighted by Crippen LogP contribution is -2.48. The maximum atomic E-state index is 3.38. The smallest absolute Gasteiger partial charge is 0.0394 e. The zero-order chi connectivity index (χ0) is 13.1. The molecule has 0 amide bonds. The van der Waals surface area contributed by atoms with Crippen molar-refractivity contribution < 1.29 is 0 Å². The van der Waals surface area contributed by atoms with Crippen LogP contribution in [0.4, 0.5) is 0 Å². The Labute approximate surface area is 111 Å². The summed E-state index contributed by atoms with van der Waals surface area (Å²) in [6.45, 7) is 6.85. The van der Waals surface area contributed by atoms with Crippen LogP contribution < -0.4 is 5.32 Å². The summed E-state index contributed by atoms with van der Waals surface area (Å²) in [5, 5.41) is 3.38. The van der Waals surface area contributed by atoms with E-state index in [0.29, 0.717) is 6.04 Å². The highest BCUT2D eigenvalue weighted by molar-refractivity contribution is 5.26. The molecule has 2 nitrogen and oxygen atoms in total. The lowest BCUT2D eigenvalue weighted by Gasteiger charge is -2.39. The third kappa shape index (κ3) is 3.12. The highest BCUT2D eigenvalue weighted by Crippen LogP contribution is 2.29. The van der Waals surface area contributed by atoms with Crippen LogP contribution in [-0.4, -0.2) is 32.1 Å². The van der Waals surface area contributed by atoms with Gasteiger partial charge in [0.2, 0.25) is 0 Å². The molecule has 2 rings (SSSR count). The number of hydrogen-bond donors (Lipinski definition) is 1. The molecule has 0 saturated carbocycles. The van der Waals surface area contributed by atoms with E-state index >= 15 is 0 Å². The molecule has 0 aromatic heterocycles. The molecule has 1 atom stereocenters. The Hall–Kier alpha value is -0.860. The molecule has 18 heavy (non-hydrogen) atoms. The average Bonchev–Trinajstić information content (AvgIpc) is 2.23. The van der Waals surface area contributed by atoms with Gasteiger partial charge in [-0.15, -0.1) is 0 Å². The number of benzene rings is 1. The van der Waals surface area contributed by atoms with Crippen molar-refractivity contribution in [1.82, 2.24) is 10.2 Å². The molecule has 1 aliphatic rings. The van der Waals surface area contributed by atoms with E-state index in [4.69, 9.17) is 0 Å². The van der Waals surface area contributed by atoms with Gasteiger partial charge in [0.1, 0.15) is 0 Å². The summed E-state index contributed by atoms with van der Waals surface area (Å²) >= 11 is 0. The van der Waals surface area contributed by atoms with Gasteiger partial charge in [-0.1, -0.05) is 38.1 Å². The third-order valence-corrected chi connectivity index (χ3v) is 3.78. The number of nitrogens with one attached hydrogen (secondary N) is 1. The van der Waals surface area contributed by atoms with Crippen molar-refractivity contribution in [1.29, 1.82) is 0 Å². The van der Waals surface area contributed by atoms with E-state index in [2.05, 4.69) is 62.4 Å². The fraction of sp³-hybridized carbons (Fsp3) is 0.625. The summed E-state index contributed by atoms with van der Waals surface area (Å²) in [6, 6.07) is 9.80. The molecule has 1 heterocycles. The van der Waals surface area contributed by atoms with Gasteiger partial charge in [0.15, 0.2) is 0 Å². The van der Waals surface area contributed by atoms with E-state index in [1.807, 2.05) is 0 Å². The van der Waals surface area contributed by atoms with Crippen molar-refractivity contribution in [3.8, 4) is 0 Å². The summed E-state index contributed by atoms with van der Waals surface area (Å²) < 4.78 is 0. The van der Waals surface area contributed by atoms with E-state index in [1.54, 1.807) is 0 Å². The summed E-state index contributed by atoms with van der Waals surface area (Å²) in [7, 11) is 4.37. The second kappa shape index (κ2) is 5.85. The molecule has 0 aliphatic carbocycles. The van der Waals surface area contributed by atoms with Gasteiger partial charge in [0, 0.05) is 25.0 Å². The maximum Gasteiger partial charge on any atom is 0.0394 e. The van der Waals surface area contributed by atoms with E-state index < -0.39 is 0 Å². The van der Waals surface area contributed by atoms with Crippen LogP contribution in [0.3, 0.4) is 0 Å². The van der Waals surface area contributed by atoms with Gasteiger partial charge < -0.3 is 10.2 Å². The molecule has 1 saturated heterocycles. The van der Waals surface area contributed by atoms with Crippen molar-refractivity contribution >= 4 is 0 Å². The van der Waals surface area contributed by atoms with Gasteiger partial charge in [-0.3, -0.25) is 0 Å². The van der Waals surface area contributed by atoms with Crippen LogP contribution in [0, 0.1) is 11.8 Å². The number of rotatable bonds is 5. The minimum Gasteiger partial charge on any atom is -0.316 e. The maximum absolute atomic E-state index is 3.38. The quantitative estimate of drug-likeness (QED) is 0.859. The zero-order valence-electron chi connectivity index (χ0n) is 12.1. The van der Waals surface area contributed by atoms with Crippen molar-refractivity contribution in [2.45, 2.75) is 26.3 Å². The molecule has 1 N–H and O–H groups in total. The fourth-order valence-electron chi connectivity index (χ4n) is 2.85. The Bertz CT molecular complexity index is 363. The molecule has 1 aliphatic heterocycles. The highest BCUT2D eigenvalue weighted by atomic mass is 15.1. The van der Waals surface area contributed by atoms with Gasteiger partial charge in [-0.05, 0) is 37.6 Å². The lowest BCUT2D eigenvalue weighted by molar-refractivity contribution is 0.161. The first-order valence-electron chi connectivity index (χ1n) is 7.04. The molecule has 1 unspecified atom stereocenters. The fourth-order valence-corrected chi connectivity index (χ4v) is 2.85. The van der Waals surface area contributed by atoms with Crippen molar-refractivity contribution in [3.63, 3.8) is 0 Å². The van der Waals surface area contributed by atoms with E-state index in [1.165, 1.54) is 17.5 Å². The Morgan fingerprint density at radius 2 is 1.78 bits per heavy atom. The monoisotopic (exact) mass is 246 g/mol. The molecule has 1 fully saturated rings. The van der Waals surface area contributed by atoms with Crippen LogP contribution in [-0.2, 0) is 6.42 Å². The SMILES string of the molecule is CC(C)Cc1ccc(C(C2CNC2)N(C)C)cc1. The zero-order valence-corrected chi connectivity index (χ0v) is 12.1. The summed E-state index contributed by atoms with van der Waals surface area (Å²) in [5.74, 6) is 1.49. The Kier molecular flexibility index (Phi) is 4.41. The standard InChI is InChI=1S/C16H26N2/c1-12(2)9-13-5-7-14(8-6-13)16(18(3)4)15-10-17-11-15/h5-8,12,15-17H,9-11H2,1-4H3. The first-order chi connectivity index (χ1) is 8.58.